The largest absolute Gasteiger partial charge is 0.384 e. The van der Waals surface area contributed by atoms with Gasteiger partial charge in [-0.15, -0.1) is 0 Å². The number of ketones is 1. The summed E-state index contributed by atoms with van der Waals surface area (Å²) < 4.78 is 1.77. The van der Waals surface area contributed by atoms with Gasteiger partial charge in [0.1, 0.15) is 0 Å². The maximum atomic E-state index is 12.4. The molecule has 4 heteroatoms. The van der Waals surface area contributed by atoms with Crippen LogP contribution in [0.3, 0.4) is 0 Å². The molecule has 2 heterocycles. The minimum atomic E-state index is -0.118. The van der Waals surface area contributed by atoms with Gasteiger partial charge in [-0.2, -0.15) is 0 Å². The summed E-state index contributed by atoms with van der Waals surface area (Å²) in [6.07, 6.45) is 3.45. The molecule has 0 saturated carbocycles. The number of imidazole rings is 1. The fraction of sp³-hybridized carbons (Fsp3) is 0.231. The van der Waals surface area contributed by atoms with E-state index in [1.54, 1.807) is 17.0 Å². The van der Waals surface area contributed by atoms with Crippen molar-refractivity contribution in [3.8, 4) is 0 Å². The van der Waals surface area contributed by atoms with Crippen molar-refractivity contribution in [2.24, 2.45) is 7.05 Å². The van der Waals surface area contributed by atoms with Crippen molar-refractivity contribution in [2.45, 2.75) is 5.92 Å². The number of rotatable bonds is 2. The molecule has 1 atom stereocenters. The molecule has 0 spiro atoms. The SMILES string of the molecule is Cn1ccnc1C(=O)C1CNc2ccccc21. The van der Waals surface area contributed by atoms with Crippen LogP contribution in [0.2, 0.25) is 0 Å². The number of fused-ring (bicyclic) bond motifs is 1. The zero-order chi connectivity index (χ0) is 11.8. The van der Waals surface area contributed by atoms with Crippen molar-refractivity contribution >= 4 is 11.5 Å². The van der Waals surface area contributed by atoms with E-state index < -0.39 is 0 Å². The van der Waals surface area contributed by atoms with Crippen LogP contribution in [0.1, 0.15) is 22.1 Å². The molecule has 1 aromatic heterocycles. The lowest BCUT2D eigenvalue weighted by Gasteiger charge is -2.08. The van der Waals surface area contributed by atoms with Crippen LogP contribution in [-0.2, 0) is 7.05 Å². The third-order valence-corrected chi connectivity index (χ3v) is 3.19. The van der Waals surface area contributed by atoms with E-state index in [2.05, 4.69) is 10.3 Å². The topological polar surface area (TPSA) is 46.9 Å². The molecule has 0 amide bonds. The van der Waals surface area contributed by atoms with Crippen molar-refractivity contribution in [3.63, 3.8) is 0 Å². The number of anilines is 1. The average molecular weight is 227 g/mol. The Morgan fingerprint density at radius 1 is 1.47 bits per heavy atom. The Balaban J connectivity index is 1.98. The summed E-state index contributed by atoms with van der Waals surface area (Å²) in [6, 6.07) is 7.94. The molecule has 3 rings (SSSR count). The number of aryl methyl sites for hydroxylation is 1. The van der Waals surface area contributed by atoms with Crippen molar-refractivity contribution in [1.82, 2.24) is 9.55 Å². The predicted molar refractivity (Wildman–Crippen MR) is 65.2 cm³/mol. The van der Waals surface area contributed by atoms with Gasteiger partial charge in [0.25, 0.3) is 0 Å². The highest BCUT2D eigenvalue weighted by Gasteiger charge is 2.30. The quantitative estimate of drug-likeness (QED) is 0.796. The van der Waals surface area contributed by atoms with E-state index in [9.17, 15) is 4.79 Å². The second-order valence-corrected chi connectivity index (χ2v) is 4.25. The van der Waals surface area contributed by atoms with E-state index in [-0.39, 0.29) is 11.7 Å². The summed E-state index contributed by atoms with van der Waals surface area (Å²) >= 11 is 0. The lowest BCUT2D eigenvalue weighted by atomic mass is 9.96. The first-order valence-electron chi connectivity index (χ1n) is 5.61. The van der Waals surface area contributed by atoms with Gasteiger partial charge in [-0.3, -0.25) is 4.79 Å². The standard InChI is InChI=1S/C13H13N3O/c1-16-7-6-14-13(16)12(17)10-8-15-11-5-3-2-4-9(10)11/h2-7,10,15H,8H2,1H3. The highest BCUT2D eigenvalue weighted by Crippen LogP contribution is 2.32. The van der Waals surface area contributed by atoms with E-state index in [4.69, 9.17) is 0 Å². The van der Waals surface area contributed by atoms with Crippen LogP contribution in [0.4, 0.5) is 5.69 Å². The highest BCUT2D eigenvalue weighted by atomic mass is 16.1. The van der Waals surface area contributed by atoms with Gasteiger partial charge in [-0.05, 0) is 11.6 Å². The van der Waals surface area contributed by atoms with Gasteiger partial charge in [-0.25, -0.2) is 4.98 Å². The Labute approximate surface area is 99.3 Å². The summed E-state index contributed by atoms with van der Waals surface area (Å²) in [6.45, 7) is 0.658. The van der Waals surface area contributed by atoms with Gasteiger partial charge in [0.15, 0.2) is 5.82 Å². The molecule has 1 unspecified atom stereocenters. The minimum absolute atomic E-state index is 0.0787. The normalized spacial score (nSPS) is 17.6. The van der Waals surface area contributed by atoms with Crippen LogP contribution >= 0.6 is 0 Å². The van der Waals surface area contributed by atoms with Gasteiger partial charge in [0.05, 0.1) is 5.92 Å². The van der Waals surface area contributed by atoms with Crippen LogP contribution in [0.15, 0.2) is 36.7 Å². The molecule has 17 heavy (non-hydrogen) atoms. The molecule has 0 saturated heterocycles. The molecule has 1 aromatic carbocycles. The van der Waals surface area contributed by atoms with E-state index in [1.807, 2.05) is 31.3 Å². The monoisotopic (exact) mass is 227 g/mol. The molecule has 0 aliphatic carbocycles. The number of hydrogen-bond donors (Lipinski definition) is 1. The van der Waals surface area contributed by atoms with Crippen LogP contribution < -0.4 is 5.32 Å². The summed E-state index contributed by atoms with van der Waals surface area (Å²) in [4.78, 5) is 16.5. The summed E-state index contributed by atoms with van der Waals surface area (Å²) in [5, 5.41) is 3.25. The molecule has 4 nitrogen and oxygen atoms in total. The van der Waals surface area contributed by atoms with Crippen LogP contribution in [0.25, 0.3) is 0 Å². The van der Waals surface area contributed by atoms with E-state index in [0.29, 0.717) is 12.4 Å². The number of para-hydroxylation sites is 1. The van der Waals surface area contributed by atoms with E-state index in [0.717, 1.165) is 11.3 Å². The minimum Gasteiger partial charge on any atom is -0.384 e. The third-order valence-electron chi connectivity index (χ3n) is 3.19. The van der Waals surface area contributed by atoms with Crippen LogP contribution in [-0.4, -0.2) is 21.9 Å². The second kappa shape index (κ2) is 3.73. The van der Waals surface area contributed by atoms with Gasteiger partial charge >= 0.3 is 0 Å². The number of hydrogen-bond acceptors (Lipinski definition) is 3. The first kappa shape index (κ1) is 10.1. The number of carbonyl (C=O) groups is 1. The fourth-order valence-corrected chi connectivity index (χ4v) is 2.28. The predicted octanol–water partition coefficient (Wildman–Crippen LogP) is 1.81. The fourth-order valence-electron chi connectivity index (χ4n) is 2.28. The Morgan fingerprint density at radius 3 is 3.06 bits per heavy atom. The summed E-state index contributed by atoms with van der Waals surface area (Å²) in [5.41, 5.74) is 2.13. The third kappa shape index (κ3) is 1.53. The Bertz CT molecular complexity index is 574. The summed E-state index contributed by atoms with van der Waals surface area (Å²) in [5.74, 6) is 0.482. The van der Waals surface area contributed by atoms with E-state index >= 15 is 0 Å². The van der Waals surface area contributed by atoms with Crippen molar-refractivity contribution in [3.05, 3.63) is 48.0 Å². The van der Waals surface area contributed by atoms with Gasteiger partial charge in [0.2, 0.25) is 5.78 Å². The average Bonchev–Trinajstić information content (AvgIpc) is 2.94. The Morgan fingerprint density at radius 2 is 2.29 bits per heavy atom. The van der Waals surface area contributed by atoms with Crippen molar-refractivity contribution < 1.29 is 4.79 Å². The maximum Gasteiger partial charge on any atom is 0.207 e. The van der Waals surface area contributed by atoms with Gasteiger partial charge in [-0.1, -0.05) is 18.2 Å². The zero-order valence-electron chi connectivity index (χ0n) is 9.55. The smallest absolute Gasteiger partial charge is 0.207 e. The first-order chi connectivity index (χ1) is 8.27. The number of Topliss-reactive ketones (excluding diaryl/α,β-unsaturated/α-hetero) is 1. The number of benzene rings is 1. The molecule has 2 aromatic rings. The molecular weight excluding hydrogens is 214 g/mol. The van der Waals surface area contributed by atoms with Crippen LogP contribution in [0.5, 0.6) is 0 Å². The second-order valence-electron chi connectivity index (χ2n) is 4.25. The molecule has 1 N–H and O–H groups in total. The molecule has 0 fully saturated rings. The molecule has 86 valence electrons. The van der Waals surface area contributed by atoms with E-state index in [1.165, 1.54) is 0 Å². The Hall–Kier alpha value is -2.10. The first-order valence-corrected chi connectivity index (χ1v) is 5.61. The van der Waals surface area contributed by atoms with Gasteiger partial charge in [0, 0.05) is 31.7 Å². The Kier molecular flexibility index (Phi) is 2.21. The number of aromatic nitrogens is 2. The van der Waals surface area contributed by atoms with Crippen molar-refractivity contribution in [2.75, 3.05) is 11.9 Å². The maximum absolute atomic E-state index is 12.4. The molecule has 0 radical (unpaired) electrons. The lowest BCUT2D eigenvalue weighted by molar-refractivity contribution is 0.0953. The van der Waals surface area contributed by atoms with Gasteiger partial charge < -0.3 is 9.88 Å². The highest BCUT2D eigenvalue weighted by molar-refractivity contribution is 6.00. The molecule has 1 aliphatic heterocycles. The lowest BCUT2D eigenvalue weighted by Crippen LogP contribution is -2.18. The van der Waals surface area contributed by atoms with Crippen molar-refractivity contribution in [1.29, 1.82) is 0 Å². The van der Waals surface area contributed by atoms with Crippen LogP contribution in [0, 0.1) is 0 Å². The number of nitrogens with zero attached hydrogens (tertiary/aromatic N) is 2. The molecule has 1 aliphatic rings. The number of nitrogens with one attached hydrogen (secondary N) is 1. The number of carbonyl (C=O) groups excluding carboxylic acids is 1. The molecular formula is C13H13N3O. The zero-order valence-corrected chi connectivity index (χ0v) is 9.55. The summed E-state index contributed by atoms with van der Waals surface area (Å²) in [7, 11) is 1.84. The molecule has 0 bridgehead atoms.